The lowest BCUT2D eigenvalue weighted by molar-refractivity contribution is -0.115. The number of amides is 2. The largest absolute Gasteiger partial charge is 0.399 e. The summed E-state index contributed by atoms with van der Waals surface area (Å²) < 4.78 is 0. The van der Waals surface area contributed by atoms with E-state index in [1.54, 1.807) is 42.5 Å². The van der Waals surface area contributed by atoms with Crippen LogP contribution in [0.25, 0.3) is 0 Å². The molecule has 4 N–H and O–H groups in total. The summed E-state index contributed by atoms with van der Waals surface area (Å²) in [5, 5.41) is 6.14. The third-order valence-electron chi connectivity index (χ3n) is 4.09. The molecule has 1 saturated carbocycles. The zero-order chi connectivity index (χ0) is 17.8. The molecule has 26 heavy (non-hydrogen) atoms. The van der Waals surface area contributed by atoms with Crippen molar-refractivity contribution in [2.75, 3.05) is 17.6 Å². The van der Waals surface area contributed by atoms with Gasteiger partial charge in [0.2, 0.25) is 5.91 Å². The molecule has 2 aromatic carbocycles. The van der Waals surface area contributed by atoms with Crippen LogP contribution >= 0.6 is 24.0 Å². The van der Waals surface area contributed by atoms with E-state index in [1.165, 1.54) is 0 Å². The van der Waals surface area contributed by atoms with Crippen molar-refractivity contribution < 1.29 is 9.59 Å². The number of hydrogen-bond donors (Lipinski definition) is 3. The van der Waals surface area contributed by atoms with E-state index in [-0.39, 0.29) is 30.6 Å². The summed E-state index contributed by atoms with van der Waals surface area (Å²) in [5.74, 6) is 0.146. The average molecular weight is 394 g/mol. The van der Waals surface area contributed by atoms with Crippen molar-refractivity contribution >= 4 is 47.2 Å². The van der Waals surface area contributed by atoms with Gasteiger partial charge in [0.15, 0.2) is 0 Å². The second kappa shape index (κ2) is 8.92. The van der Waals surface area contributed by atoms with Crippen LogP contribution < -0.4 is 16.4 Å². The van der Waals surface area contributed by atoms with E-state index < -0.39 is 0 Å². The zero-order valence-electron chi connectivity index (χ0n) is 14.1. The minimum Gasteiger partial charge on any atom is -0.399 e. The first-order chi connectivity index (χ1) is 12.0. The van der Waals surface area contributed by atoms with E-state index >= 15 is 0 Å². The van der Waals surface area contributed by atoms with Gasteiger partial charge in [-0.2, -0.15) is 0 Å². The standard InChI is InChI=1S/C19H20ClN3O2.ClH/c20-14-5-8-17(16(10-14)19(25)22-11-13-1-2-13)23-18(24)9-12-3-6-15(21)7-4-12;/h3-8,10,13H,1-2,9,11,21H2,(H,22,25)(H,23,24);1H. The first-order valence-corrected chi connectivity index (χ1v) is 8.61. The van der Waals surface area contributed by atoms with Crippen molar-refractivity contribution in [1.82, 2.24) is 5.32 Å². The smallest absolute Gasteiger partial charge is 0.253 e. The van der Waals surface area contributed by atoms with Gasteiger partial charge in [-0.3, -0.25) is 9.59 Å². The SMILES string of the molecule is Cl.Nc1ccc(CC(=O)Nc2ccc(Cl)cc2C(=O)NCC2CC2)cc1. The number of nitrogen functional groups attached to an aromatic ring is 1. The molecule has 0 radical (unpaired) electrons. The predicted octanol–water partition coefficient (Wildman–Crippen LogP) is 3.67. The van der Waals surface area contributed by atoms with Gasteiger partial charge in [0, 0.05) is 17.3 Å². The van der Waals surface area contributed by atoms with Crippen molar-refractivity contribution in [2.45, 2.75) is 19.3 Å². The third kappa shape index (κ3) is 5.64. The summed E-state index contributed by atoms with van der Waals surface area (Å²) in [6, 6.07) is 12.0. The van der Waals surface area contributed by atoms with Crippen LogP contribution in [0.1, 0.15) is 28.8 Å². The van der Waals surface area contributed by atoms with E-state index in [9.17, 15) is 9.59 Å². The van der Waals surface area contributed by atoms with Gasteiger partial charge in [-0.1, -0.05) is 23.7 Å². The second-order valence-corrected chi connectivity index (χ2v) is 6.75. The highest BCUT2D eigenvalue weighted by atomic mass is 35.5. The first kappa shape index (κ1) is 20.1. The van der Waals surface area contributed by atoms with E-state index in [0.717, 1.165) is 18.4 Å². The van der Waals surface area contributed by atoms with Crippen LogP contribution in [0.5, 0.6) is 0 Å². The van der Waals surface area contributed by atoms with E-state index in [0.29, 0.717) is 34.4 Å². The fraction of sp³-hybridized carbons (Fsp3) is 0.263. The summed E-state index contributed by atoms with van der Waals surface area (Å²) >= 11 is 6.01. The molecule has 3 rings (SSSR count). The van der Waals surface area contributed by atoms with Crippen LogP contribution in [-0.2, 0) is 11.2 Å². The van der Waals surface area contributed by atoms with Crippen molar-refractivity contribution in [3.63, 3.8) is 0 Å². The molecule has 2 aromatic rings. The Hall–Kier alpha value is -2.24. The molecule has 0 heterocycles. The van der Waals surface area contributed by atoms with Gasteiger partial charge >= 0.3 is 0 Å². The molecule has 1 aliphatic carbocycles. The molecule has 0 unspecified atom stereocenters. The maximum absolute atomic E-state index is 12.4. The lowest BCUT2D eigenvalue weighted by atomic mass is 10.1. The van der Waals surface area contributed by atoms with Crippen LogP contribution in [0.15, 0.2) is 42.5 Å². The average Bonchev–Trinajstić information content (AvgIpc) is 3.41. The Morgan fingerprint density at radius 1 is 1.12 bits per heavy atom. The summed E-state index contributed by atoms with van der Waals surface area (Å²) in [7, 11) is 0. The summed E-state index contributed by atoms with van der Waals surface area (Å²) in [6.07, 6.45) is 2.51. The van der Waals surface area contributed by atoms with Crippen molar-refractivity contribution in [1.29, 1.82) is 0 Å². The topological polar surface area (TPSA) is 84.2 Å². The van der Waals surface area contributed by atoms with Crippen LogP contribution in [-0.4, -0.2) is 18.4 Å². The van der Waals surface area contributed by atoms with Gasteiger partial charge in [-0.15, -0.1) is 12.4 Å². The zero-order valence-corrected chi connectivity index (χ0v) is 15.7. The lowest BCUT2D eigenvalue weighted by Gasteiger charge is -2.12. The lowest BCUT2D eigenvalue weighted by Crippen LogP contribution is -2.27. The molecule has 0 spiro atoms. The quantitative estimate of drug-likeness (QED) is 0.654. The number of carbonyl (C=O) groups is 2. The van der Waals surface area contributed by atoms with Gasteiger partial charge in [-0.25, -0.2) is 0 Å². The maximum atomic E-state index is 12.4. The normalized spacial score (nSPS) is 12.8. The molecule has 0 aromatic heterocycles. The molecular formula is C19H21Cl2N3O2. The van der Waals surface area contributed by atoms with Crippen LogP contribution in [0.3, 0.4) is 0 Å². The number of nitrogens with two attached hydrogens (primary N) is 1. The Morgan fingerprint density at radius 3 is 2.46 bits per heavy atom. The molecule has 1 fully saturated rings. The van der Waals surface area contributed by atoms with Crippen molar-refractivity contribution in [2.24, 2.45) is 5.92 Å². The minimum absolute atomic E-state index is 0. The van der Waals surface area contributed by atoms with Crippen LogP contribution in [0, 0.1) is 5.92 Å². The Bertz CT molecular complexity index is 790. The Balaban J connectivity index is 0.00000243. The van der Waals surface area contributed by atoms with Crippen LogP contribution in [0.2, 0.25) is 5.02 Å². The second-order valence-electron chi connectivity index (χ2n) is 6.31. The van der Waals surface area contributed by atoms with Crippen molar-refractivity contribution in [3.8, 4) is 0 Å². The molecule has 138 valence electrons. The predicted molar refractivity (Wildman–Crippen MR) is 107 cm³/mol. The molecule has 2 amide bonds. The fourth-order valence-corrected chi connectivity index (χ4v) is 2.65. The highest BCUT2D eigenvalue weighted by Gasteiger charge is 2.23. The third-order valence-corrected chi connectivity index (χ3v) is 4.33. The summed E-state index contributed by atoms with van der Waals surface area (Å²) in [6.45, 7) is 0.657. The van der Waals surface area contributed by atoms with E-state index in [1.807, 2.05) is 0 Å². The first-order valence-electron chi connectivity index (χ1n) is 8.23. The molecule has 1 aliphatic rings. The number of nitrogens with one attached hydrogen (secondary N) is 2. The van der Waals surface area contributed by atoms with E-state index in [2.05, 4.69) is 10.6 Å². The Labute approximate surface area is 163 Å². The highest BCUT2D eigenvalue weighted by Crippen LogP contribution is 2.28. The molecule has 0 aliphatic heterocycles. The molecular weight excluding hydrogens is 373 g/mol. The summed E-state index contributed by atoms with van der Waals surface area (Å²) in [5.41, 5.74) is 7.97. The minimum atomic E-state index is -0.225. The number of halogens is 2. The number of carbonyl (C=O) groups excluding carboxylic acids is 2. The molecule has 7 heteroatoms. The summed E-state index contributed by atoms with van der Waals surface area (Å²) in [4.78, 5) is 24.7. The monoisotopic (exact) mass is 393 g/mol. The van der Waals surface area contributed by atoms with Gasteiger partial charge in [0.1, 0.15) is 0 Å². The number of hydrogen-bond acceptors (Lipinski definition) is 3. The van der Waals surface area contributed by atoms with Gasteiger partial charge < -0.3 is 16.4 Å². The van der Waals surface area contributed by atoms with Crippen molar-refractivity contribution in [3.05, 3.63) is 58.6 Å². The van der Waals surface area contributed by atoms with Gasteiger partial charge in [0.25, 0.3) is 5.91 Å². The molecule has 5 nitrogen and oxygen atoms in total. The highest BCUT2D eigenvalue weighted by molar-refractivity contribution is 6.31. The van der Waals surface area contributed by atoms with Gasteiger partial charge in [-0.05, 0) is 54.7 Å². The van der Waals surface area contributed by atoms with Crippen LogP contribution in [0.4, 0.5) is 11.4 Å². The molecule has 0 atom stereocenters. The number of anilines is 2. The maximum Gasteiger partial charge on any atom is 0.253 e. The Morgan fingerprint density at radius 2 is 1.81 bits per heavy atom. The fourth-order valence-electron chi connectivity index (χ4n) is 2.48. The molecule has 0 bridgehead atoms. The van der Waals surface area contributed by atoms with Gasteiger partial charge in [0.05, 0.1) is 17.7 Å². The van der Waals surface area contributed by atoms with E-state index in [4.69, 9.17) is 17.3 Å². The number of rotatable bonds is 6. The Kier molecular flexibility index (Phi) is 6.89. The number of benzene rings is 2. The molecule has 0 saturated heterocycles.